The van der Waals surface area contributed by atoms with E-state index in [0.717, 1.165) is 37.4 Å². The molecule has 1 amide bonds. The van der Waals surface area contributed by atoms with Gasteiger partial charge in [-0.05, 0) is 46.4 Å². The van der Waals surface area contributed by atoms with E-state index in [1.165, 1.54) is 0 Å². The number of anilines is 1. The fourth-order valence-corrected chi connectivity index (χ4v) is 3.10. The molecule has 0 bridgehead atoms. The maximum Gasteiger partial charge on any atom is 0.251 e. The van der Waals surface area contributed by atoms with E-state index in [4.69, 9.17) is 0 Å². The summed E-state index contributed by atoms with van der Waals surface area (Å²) in [6.45, 7) is 7.19. The Labute approximate surface area is 142 Å². The van der Waals surface area contributed by atoms with Gasteiger partial charge in [-0.3, -0.25) is 4.79 Å². The molecule has 128 valence electrons. The first-order chi connectivity index (χ1) is 11.5. The summed E-state index contributed by atoms with van der Waals surface area (Å²) in [6.07, 6.45) is 1.92. The molecule has 1 aromatic heterocycles. The molecule has 7 nitrogen and oxygen atoms in total. The molecule has 2 aromatic rings. The molecule has 0 saturated carbocycles. The van der Waals surface area contributed by atoms with Crippen molar-refractivity contribution in [3.63, 3.8) is 0 Å². The molecule has 0 unspecified atom stereocenters. The van der Waals surface area contributed by atoms with E-state index >= 15 is 0 Å². The minimum absolute atomic E-state index is 0.0701. The summed E-state index contributed by atoms with van der Waals surface area (Å²) in [4.78, 5) is 14.0. The Morgan fingerprint density at radius 1 is 1.38 bits per heavy atom. The number of nitrogens with one attached hydrogen (secondary N) is 1. The molecular weight excluding hydrogens is 304 g/mol. The van der Waals surface area contributed by atoms with Crippen molar-refractivity contribution in [1.29, 1.82) is 0 Å². The van der Waals surface area contributed by atoms with Gasteiger partial charge < -0.3 is 10.2 Å². The Balaban J connectivity index is 1.68. The third-order valence-electron chi connectivity index (χ3n) is 4.50. The van der Waals surface area contributed by atoms with E-state index in [0.29, 0.717) is 17.5 Å². The van der Waals surface area contributed by atoms with Crippen molar-refractivity contribution in [1.82, 2.24) is 25.5 Å². The standard InChI is InChI=1S/C17H24N6O/c1-17(2)8-10-22(12-17)16-19-20-21-23(16)9-7-13-5-4-6-14(11-13)15(24)18-3/h4-6,11H,7-10,12H2,1-3H3,(H,18,24). The Kier molecular flexibility index (Phi) is 4.51. The molecule has 0 radical (unpaired) electrons. The number of aryl methyl sites for hydroxylation is 2. The fraction of sp³-hybridized carbons (Fsp3) is 0.529. The van der Waals surface area contributed by atoms with Crippen LogP contribution in [-0.4, -0.2) is 46.3 Å². The Bertz CT molecular complexity index is 723. The Hall–Kier alpha value is -2.44. The zero-order chi connectivity index (χ0) is 17.2. The van der Waals surface area contributed by atoms with Crippen LogP contribution in [0.4, 0.5) is 5.95 Å². The zero-order valence-corrected chi connectivity index (χ0v) is 14.5. The van der Waals surface area contributed by atoms with Gasteiger partial charge in [0, 0.05) is 25.7 Å². The molecule has 1 N–H and O–H groups in total. The van der Waals surface area contributed by atoms with Crippen molar-refractivity contribution in [2.24, 2.45) is 5.41 Å². The monoisotopic (exact) mass is 328 g/mol. The summed E-state index contributed by atoms with van der Waals surface area (Å²) in [7, 11) is 1.64. The number of nitrogens with zero attached hydrogens (tertiary/aromatic N) is 5. The highest BCUT2D eigenvalue weighted by atomic mass is 16.1. The Morgan fingerprint density at radius 3 is 2.92 bits per heavy atom. The highest BCUT2D eigenvalue weighted by Gasteiger charge is 2.31. The third kappa shape index (κ3) is 3.55. The maximum absolute atomic E-state index is 11.7. The Morgan fingerprint density at radius 2 is 2.21 bits per heavy atom. The van der Waals surface area contributed by atoms with Crippen molar-refractivity contribution in [3.8, 4) is 0 Å². The van der Waals surface area contributed by atoms with E-state index < -0.39 is 0 Å². The van der Waals surface area contributed by atoms with Gasteiger partial charge >= 0.3 is 0 Å². The van der Waals surface area contributed by atoms with Crippen LogP contribution in [0.2, 0.25) is 0 Å². The number of benzene rings is 1. The molecule has 3 rings (SSSR count). The van der Waals surface area contributed by atoms with Crippen LogP contribution in [0.25, 0.3) is 0 Å². The molecule has 1 fully saturated rings. The minimum Gasteiger partial charge on any atom is -0.355 e. The summed E-state index contributed by atoms with van der Waals surface area (Å²) in [5, 5.41) is 14.8. The molecule has 1 saturated heterocycles. The first-order valence-corrected chi connectivity index (χ1v) is 8.31. The van der Waals surface area contributed by atoms with E-state index in [1.807, 2.05) is 28.9 Å². The second-order valence-electron chi connectivity index (χ2n) is 7.07. The first kappa shape index (κ1) is 16.4. The summed E-state index contributed by atoms with van der Waals surface area (Å²) in [5.41, 5.74) is 2.08. The molecular formula is C17H24N6O. The van der Waals surface area contributed by atoms with Crippen molar-refractivity contribution < 1.29 is 4.79 Å². The quantitative estimate of drug-likeness (QED) is 0.900. The van der Waals surface area contributed by atoms with Crippen molar-refractivity contribution in [3.05, 3.63) is 35.4 Å². The normalized spacial score (nSPS) is 16.4. The van der Waals surface area contributed by atoms with E-state index in [9.17, 15) is 4.79 Å². The lowest BCUT2D eigenvalue weighted by Gasteiger charge is -2.20. The SMILES string of the molecule is CNC(=O)c1cccc(CCn2nnnc2N2CCC(C)(C)C2)c1. The number of carbonyl (C=O) groups is 1. The maximum atomic E-state index is 11.7. The van der Waals surface area contributed by atoms with Crippen LogP contribution in [0, 0.1) is 5.41 Å². The smallest absolute Gasteiger partial charge is 0.251 e. The van der Waals surface area contributed by atoms with Crippen LogP contribution in [0.15, 0.2) is 24.3 Å². The largest absolute Gasteiger partial charge is 0.355 e. The predicted molar refractivity (Wildman–Crippen MR) is 92.0 cm³/mol. The van der Waals surface area contributed by atoms with E-state index in [1.54, 1.807) is 7.05 Å². The topological polar surface area (TPSA) is 75.9 Å². The number of tetrazole rings is 1. The molecule has 1 aliphatic heterocycles. The molecule has 1 aromatic carbocycles. The van der Waals surface area contributed by atoms with Crippen LogP contribution < -0.4 is 10.2 Å². The third-order valence-corrected chi connectivity index (χ3v) is 4.50. The van der Waals surface area contributed by atoms with Crippen LogP contribution in [0.1, 0.15) is 36.2 Å². The van der Waals surface area contributed by atoms with Crippen LogP contribution in [-0.2, 0) is 13.0 Å². The van der Waals surface area contributed by atoms with Gasteiger partial charge in [-0.15, -0.1) is 0 Å². The number of hydrogen-bond acceptors (Lipinski definition) is 5. The minimum atomic E-state index is -0.0701. The van der Waals surface area contributed by atoms with Gasteiger partial charge in [0.05, 0.1) is 6.54 Å². The molecule has 24 heavy (non-hydrogen) atoms. The van der Waals surface area contributed by atoms with Crippen molar-refractivity contribution in [2.45, 2.75) is 33.2 Å². The highest BCUT2D eigenvalue weighted by Crippen LogP contribution is 2.31. The average Bonchev–Trinajstić information content (AvgIpc) is 3.18. The van der Waals surface area contributed by atoms with Gasteiger partial charge in [0.15, 0.2) is 0 Å². The molecule has 0 atom stereocenters. The second kappa shape index (κ2) is 6.59. The highest BCUT2D eigenvalue weighted by molar-refractivity contribution is 5.94. The van der Waals surface area contributed by atoms with Crippen LogP contribution >= 0.6 is 0 Å². The van der Waals surface area contributed by atoms with Gasteiger partial charge in [-0.1, -0.05) is 31.1 Å². The lowest BCUT2D eigenvalue weighted by atomic mass is 9.93. The summed E-state index contributed by atoms with van der Waals surface area (Å²) in [6, 6.07) is 7.66. The van der Waals surface area contributed by atoms with Crippen molar-refractivity contribution in [2.75, 3.05) is 25.0 Å². The predicted octanol–water partition coefficient (Wildman–Crippen LogP) is 1.51. The number of rotatable bonds is 5. The zero-order valence-electron chi connectivity index (χ0n) is 14.5. The molecule has 7 heteroatoms. The molecule has 0 spiro atoms. The number of aromatic nitrogens is 4. The number of hydrogen-bond donors (Lipinski definition) is 1. The van der Waals surface area contributed by atoms with Gasteiger partial charge in [0.2, 0.25) is 5.95 Å². The van der Waals surface area contributed by atoms with E-state index in [-0.39, 0.29) is 5.91 Å². The van der Waals surface area contributed by atoms with Gasteiger partial charge in [-0.2, -0.15) is 0 Å². The van der Waals surface area contributed by atoms with E-state index in [2.05, 4.69) is 39.6 Å². The van der Waals surface area contributed by atoms with Gasteiger partial charge in [0.1, 0.15) is 0 Å². The number of carbonyl (C=O) groups excluding carboxylic acids is 1. The van der Waals surface area contributed by atoms with Gasteiger partial charge in [0.25, 0.3) is 5.91 Å². The fourth-order valence-electron chi connectivity index (χ4n) is 3.10. The second-order valence-corrected chi connectivity index (χ2v) is 7.07. The lowest BCUT2D eigenvalue weighted by molar-refractivity contribution is 0.0963. The summed E-state index contributed by atoms with van der Waals surface area (Å²) >= 11 is 0. The van der Waals surface area contributed by atoms with Crippen LogP contribution in [0.5, 0.6) is 0 Å². The lowest BCUT2D eigenvalue weighted by Crippen LogP contribution is -2.26. The van der Waals surface area contributed by atoms with Crippen molar-refractivity contribution >= 4 is 11.9 Å². The summed E-state index contributed by atoms with van der Waals surface area (Å²) < 4.78 is 1.86. The first-order valence-electron chi connectivity index (χ1n) is 8.31. The molecule has 2 heterocycles. The average molecular weight is 328 g/mol. The van der Waals surface area contributed by atoms with Gasteiger partial charge in [-0.25, -0.2) is 4.68 Å². The summed E-state index contributed by atoms with van der Waals surface area (Å²) in [5.74, 6) is 0.766. The molecule has 1 aliphatic rings. The molecule has 0 aliphatic carbocycles. The number of amides is 1. The van der Waals surface area contributed by atoms with Crippen LogP contribution in [0.3, 0.4) is 0 Å².